The van der Waals surface area contributed by atoms with Gasteiger partial charge in [0, 0.05) is 9.92 Å². The van der Waals surface area contributed by atoms with Crippen molar-refractivity contribution in [3.05, 3.63) is 52.5 Å². The van der Waals surface area contributed by atoms with Crippen LogP contribution in [0.15, 0.2) is 51.7 Å². The van der Waals surface area contributed by atoms with E-state index in [2.05, 4.69) is 4.98 Å². The zero-order chi connectivity index (χ0) is 12.5. The van der Waals surface area contributed by atoms with E-state index in [0.717, 1.165) is 24.5 Å². The topological polar surface area (TPSA) is 12.9 Å². The molecule has 18 heavy (non-hydrogen) atoms. The van der Waals surface area contributed by atoms with Crippen LogP contribution in [0.25, 0.3) is 10.2 Å². The highest BCUT2D eigenvalue weighted by Gasteiger charge is 2.08. The van der Waals surface area contributed by atoms with Crippen LogP contribution in [-0.2, 0) is 0 Å². The number of fused-ring (bicyclic) bond motifs is 1. The molecule has 0 atom stereocenters. The average molecular weight is 312 g/mol. The van der Waals surface area contributed by atoms with Crippen molar-refractivity contribution in [3.8, 4) is 0 Å². The average Bonchev–Trinajstić information content (AvgIpc) is 2.73. The molecule has 0 spiro atoms. The van der Waals surface area contributed by atoms with Crippen LogP contribution < -0.4 is 0 Å². The lowest BCUT2D eigenvalue weighted by Gasteiger charge is -1.99. The molecule has 2 aromatic carbocycles. The third-order valence-corrected chi connectivity index (χ3v) is 5.21. The molecule has 0 unspecified atom stereocenters. The number of thiazole rings is 1. The fraction of sp³-hybridized carbons (Fsp3) is 0. The van der Waals surface area contributed by atoms with Gasteiger partial charge in [-0.1, -0.05) is 47.1 Å². The van der Waals surface area contributed by atoms with Crippen LogP contribution in [0.5, 0.6) is 0 Å². The Morgan fingerprint density at radius 1 is 1.06 bits per heavy atom. The number of hydrogen-bond donors (Lipinski definition) is 0. The van der Waals surface area contributed by atoms with Crippen LogP contribution in [0.3, 0.4) is 0 Å². The highest BCUT2D eigenvalue weighted by atomic mass is 35.5. The van der Waals surface area contributed by atoms with E-state index in [9.17, 15) is 0 Å². The van der Waals surface area contributed by atoms with Crippen molar-refractivity contribution in [2.45, 2.75) is 9.24 Å². The summed E-state index contributed by atoms with van der Waals surface area (Å²) >= 11 is 15.3. The lowest BCUT2D eigenvalue weighted by atomic mass is 10.3. The van der Waals surface area contributed by atoms with Crippen molar-refractivity contribution in [2.75, 3.05) is 0 Å². The Hall–Kier alpha value is -0.740. The van der Waals surface area contributed by atoms with E-state index in [1.165, 1.54) is 0 Å². The van der Waals surface area contributed by atoms with Gasteiger partial charge in [-0.25, -0.2) is 4.98 Å². The van der Waals surface area contributed by atoms with Crippen LogP contribution in [0.4, 0.5) is 0 Å². The Bertz CT molecular complexity index is 709. The van der Waals surface area contributed by atoms with Gasteiger partial charge in [0.25, 0.3) is 0 Å². The summed E-state index contributed by atoms with van der Waals surface area (Å²) in [5.74, 6) is 0. The summed E-state index contributed by atoms with van der Waals surface area (Å²) in [6.45, 7) is 0. The zero-order valence-electron chi connectivity index (χ0n) is 9.06. The maximum atomic E-state index is 6.13. The van der Waals surface area contributed by atoms with Crippen LogP contribution >= 0.6 is 46.3 Å². The number of benzene rings is 2. The molecular formula is C13H7Cl2NS2. The summed E-state index contributed by atoms with van der Waals surface area (Å²) in [4.78, 5) is 5.57. The van der Waals surface area contributed by atoms with Crippen LogP contribution in [0, 0.1) is 0 Å². The molecule has 0 aliphatic carbocycles. The van der Waals surface area contributed by atoms with Crippen LogP contribution in [0.2, 0.25) is 10.0 Å². The van der Waals surface area contributed by atoms with Gasteiger partial charge in [0.2, 0.25) is 0 Å². The maximum absolute atomic E-state index is 6.13. The normalized spacial score (nSPS) is 11.0. The van der Waals surface area contributed by atoms with Gasteiger partial charge >= 0.3 is 0 Å². The van der Waals surface area contributed by atoms with Gasteiger partial charge in [-0.05, 0) is 30.3 Å². The number of nitrogens with zero attached hydrogens (tertiary/aromatic N) is 1. The standard InChI is InChI=1S/C13H7Cl2NS2/c14-8-5-6-12-10(7-8)16-13(18-12)17-11-4-2-1-3-9(11)15/h1-7H. The summed E-state index contributed by atoms with van der Waals surface area (Å²) in [5.41, 5.74) is 0.932. The minimum absolute atomic E-state index is 0.710. The minimum Gasteiger partial charge on any atom is -0.229 e. The maximum Gasteiger partial charge on any atom is 0.155 e. The van der Waals surface area contributed by atoms with Gasteiger partial charge in [0.05, 0.1) is 15.2 Å². The van der Waals surface area contributed by atoms with Gasteiger partial charge in [0.1, 0.15) is 0 Å². The van der Waals surface area contributed by atoms with Gasteiger partial charge in [-0.15, -0.1) is 11.3 Å². The molecule has 1 nitrogen and oxygen atoms in total. The van der Waals surface area contributed by atoms with E-state index >= 15 is 0 Å². The van der Waals surface area contributed by atoms with Crippen molar-refractivity contribution in [2.24, 2.45) is 0 Å². The molecule has 1 aromatic heterocycles. The summed E-state index contributed by atoms with van der Waals surface area (Å²) in [5, 5.41) is 1.46. The molecule has 3 rings (SSSR count). The molecule has 0 N–H and O–H groups in total. The Morgan fingerprint density at radius 2 is 1.89 bits per heavy atom. The first kappa shape index (κ1) is 12.3. The first-order valence-electron chi connectivity index (χ1n) is 5.21. The van der Waals surface area contributed by atoms with Crippen LogP contribution in [-0.4, -0.2) is 4.98 Å². The Balaban J connectivity index is 1.98. The van der Waals surface area contributed by atoms with Gasteiger partial charge in [0.15, 0.2) is 4.34 Å². The fourth-order valence-electron chi connectivity index (χ4n) is 1.54. The molecule has 0 aliphatic heterocycles. The van der Waals surface area contributed by atoms with Crippen molar-refractivity contribution in [1.29, 1.82) is 0 Å². The molecule has 5 heteroatoms. The molecule has 0 aliphatic rings. The molecule has 0 saturated carbocycles. The van der Waals surface area contributed by atoms with Crippen molar-refractivity contribution in [3.63, 3.8) is 0 Å². The number of rotatable bonds is 2. The van der Waals surface area contributed by atoms with E-state index in [1.807, 2.05) is 42.5 Å². The van der Waals surface area contributed by atoms with Gasteiger partial charge in [-0.3, -0.25) is 0 Å². The van der Waals surface area contributed by atoms with Crippen molar-refractivity contribution >= 4 is 56.5 Å². The van der Waals surface area contributed by atoms with E-state index < -0.39 is 0 Å². The number of halogens is 2. The number of aromatic nitrogens is 1. The monoisotopic (exact) mass is 311 g/mol. The molecule has 3 aromatic rings. The quantitative estimate of drug-likeness (QED) is 0.597. The molecule has 0 fully saturated rings. The summed E-state index contributed by atoms with van der Waals surface area (Å²) in [6, 6.07) is 13.5. The first-order chi connectivity index (χ1) is 8.72. The van der Waals surface area contributed by atoms with Crippen LogP contribution in [0.1, 0.15) is 0 Å². The van der Waals surface area contributed by atoms with E-state index in [0.29, 0.717) is 5.02 Å². The SMILES string of the molecule is Clc1ccc2sc(Sc3ccccc3Cl)nc2c1. The lowest BCUT2D eigenvalue weighted by molar-refractivity contribution is 1.29. The van der Waals surface area contributed by atoms with Crippen molar-refractivity contribution in [1.82, 2.24) is 4.98 Å². The van der Waals surface area contributed by atoms with E-state index in [-0.39, 0.29) is 0 Å². The van der Waals surface area contributed by atoms with Gasteiger partial charge < -0.3 is 0 Å². The predicted molar refractivity (Wildman–Crippen MR) is 80.2 cm³/mol. The first-order valence-corrected chi connectivity index (χ1v) is 7.60. The molecule has 90 valence electrons. The fourth-order valence-corrected chi connectivity index (χ4v) is 3.99. The molecule has 0 bridgehead atoms. The lowest BCUT2D eigenvalue weighted by Crippen LogP contribution is -1.73. The Morgan fingerprint density at radius 3 is 2.72 bits per heavy atom. The summed E-state index contributed by atoms with van der Waals surface area (Å²) in [6.07, 6.45) is 0. The highest BCUT2D eigenvalue weighted by Crippen LogP contribution is 2.37. The molecule has 0 saturated heterocycles. The highest BCUT2D eigenvalue weighted by molar-refractivity contribution is 8.01. The van der Waals surface area contributed by atoms with E-state index in [1.54, 1.807) is 23.1 Å². The second-order valence-electron chi connectivity index (χ2n) is 3.62. The third kappa shape index (κ3) is 2.50. The van der Waals surface area contributed by atoms with Crippen molar-refractivity contribution < 1.29 is 0 Å². The van der Waals surface area contributed by atoms with Gasteiger partial charge in [-0.2, -0.15) is 0 Å². The second kappa shape index (κ2) is 5.10. The summed E-state index contributed by atoms with van der Waals surface area (Å²) < 4.78 is 2.11. The second-order valence-corrected chi connectivity index (χ2v) is 6.79. The molecule has 0 amide bonds. The molecule has 0 radical (unpaired) electrons. The zero-order valence-corrected chi connectivity index (χ0v) is 12.2. The third-order valence-electron chi connectivity index (χ3n) is 2.36. The Kier molecular flexibility index (Phi) is 3.48. The summed E-state index contributed by atoms with van der Waals surface area (Å²) in [7, 11) is 0. The smallest absolute Gasteiger partial charge is 0.155 e. The minimum atomic E-state index is 0.710. The Labute approximate surface area is 123 Å². The molecular weight excluding hydrogens is 305 g/mol. The predicted octanol–water partition coefficient (Wildman–Crippen LogP) is 5.75. The molecule has 1 heterocycles. The van der Waals surface area contributed by atoms with E-state index in [4.69, 9.17) is 23.2 Å². The largest absolute Gasteiger partial charge is 0.229 e. The number of hydrogen-bond acceptors (Lipinski definition) is 3.